The number of aromatic nitrogens is 1. The van der Waals surface area contributed by atoms with Gasteiger partial charge in [-0.2, -0.15) is 0 Å². The first kappa shape index (κ1) is 13.4. The van der Waals surface area contributed by atoms with Crippen molar-refractivity contribution in [2.45, 2.75) is 26.7 Å². The van der Waals surface area contributed by atoms with Crippen molar-refractivity contribution in [3.63, 3.8) is 0 Å². The molecule has 1 aromatic heterocycles. The summed E-state index contributed by atoms with van der Waals surface area (Å²) in [7, 11) is 0. The highest BCUT2D eigenvalue weighted by atomic mass is 35.5. The largest absolute Gasteiger partial charge is 0.398 e. The Morgan fingerprint density at radius 1 is 1.33 bits per heavy atom. The van der Waals surface area contributed by atoms with Crippen molar-refractivity contribution in [3.8, 4) is 0 Å². The summed E-state index contributed by atoms with van der Waals surface area (Å²) >= 11 is 11.7. The Morgan fingerprint density at radius 2 is 1.94 bits per heavy atom. The zero-order valence-electron chi connectivity index (χ0n) is 10.3. The van der Waals surface area contributed by atoms with Gasteiger partial charge in [0.15, 0.2) is 5.82 Å². The van der Waals surface area contributed by atoms with Crippen LogP contribution in [0.2, 0.25) is 10.0 Å². The number of anilines is 1. The van der Waals surface area contributed by atoms with Crippen LogP contribution in [0, 0.1) is 12.7 Å². The van der Waals surface area contributed by atoms with Gasteiger partial charge in [-0.3, -0.25) is 4.98 Å². The molecule has 0 bridgehead atoms. The number of nitrogens with zero attached hydrogens (tertiary/aromatic N) is 1. The number of benzene rings is 1. The average Bonchev–Trinajstić information content (AvgIpc) is 2.24. The Balaban J connectivity index is 2.97. The highest BCUT2D eigenvalue weighted by Gasteiger charge is 2.19. The van der Waals surface area contributed by atoms with Crippen molar-refractivity contribution in [3.05, 3.63) is 33.2 Å². The van der Waals surface area contributed by atoms with Gasteiger partial charge in [0.05, 0.1) is 15.6 Å². The molecule has 0 spiro atoms. The van der Waals surface area contributed by atoms with E-state index in [1.807, 2.05) is 20.8 Å². The van der Waals surface area contributed by atoms with Crippen LogP contribution in [0.25, 0.3) is 10.9 Å². The molecule has 0 atom stereocenters. The predicted octanol–water partition coefficient (Wildman–Crippen LogP) is 4.69. The van der Waals surface area contributed by atoms with Crippen molar-refractivity contribution in [2.24, 2.45) is 0 Å². The van der Waals surface area contributed by atoms with Gasteiger partial charge in [0, 0.05) is 16.8 Å². The molecule has 5 heteroatoms. The summed E-state index contributed by atoms with van der Waals surface area (Å²) in [6, 6.07) is 1.45. The third kappa shape index (κ3) is 1.91. The first-order valence-electron chi connectivity index (χ1n) is 5.57. The van der Waals surface area contributed by atoms with Crippen LogP contribution in [0.5, 0.6) is 0 Å². The number of nitrogen functional groups attached to an aromatic ring is 1. The fraction of sp³-hybridized carbons (Fsp3) is 0.308. The highest BCUT2D eigenvalue weighted by molar-refractivity contribution is 6.39. The highest BCUT2D eigenvalue weighted by Crippen LogP contribution is 2.38. The number of fused-ring (bicyclic) bond motifs is 1. The van der Waals surface area contributed by atoms with Gasteiger partial charge in [-0.25, -0.2) is 4.39 Å². The van der Waals surface area contributed by atoms with Crippen molar-refractivity contribution in [1.29, 1.82) is 0 Å². The third-order valence-corrected chi connectivity index (χ3v) is 3.59. The molecule has 2 aromatic rings. The maximum absolute atomic E-state index is 13.7. The zero-order chi connectivity index (χ0) is 13.6. The van der Waals surface area contributed by atoms with Gasteiger partial charge in [0.25, 0.3) is 0 Å². The Bertz CT molecular complexity index is 639. The number of nitrogens with two attached hydrogens (primary N) is 1. The Labute approximate surface area is 115 Å². The van der Waals surface area contributed by atoms with E-state index >= 15 is 0 Å². The molecule has 0 unspecified atom stereocenters. The Hall–Kier alpha value is -1.06. The van der Waals surface area contributed by atoms with Gasteiger partial charge >= 0.3 is 0 Å². The van der Waals surface area contributed by atoms with E-state index in [9.17, 15) is 4.39 Å². The Morgan fingerprint density at radius 3 is 2.50 bits per heavy atom. The van der Waals surface area contributed by atoms with Crippen LogP contribution in [0.15, 0.2) is 6.07 Å². The molecule has 0 fully saturated rings. The molecular weight excluding hydrogens is 274 g/mol. The van der Waals surface area contributed by atoms with E-state index in [4.69, 9.17) is 28.9 Å². The number of aryl methyl sites for hydroxylation is 1. The molecule has 1 aromatic carbocycles. The van der Waals surface area contributed by atoms with Gasteiger partial charge in [-0.1, -0.05) is 37.0 Å². The van der Waals surface area contributed by atoms with Crippen LogP contribution < -0.4 is 5.73 Å². The molecule has 18 heavy (non-hydrogen) atoms. The molecule has 0 radical (unpaired) electrons. The van der Waals surface area contributed by atoms with E-state index in [-0.39, 0.29) is 16.0 Å². The van der Waals surface area contributed by atoms with Crippen LogP contribution >= 0.6 is 23.2 Å². The van der Waals surface area contributed by atoms with Crippen molar-refractivity contribution < 1.29 is 4.39 Å². The molecule has 96 valence electrons. The second-order valence-corrected chi connectivity index (χ2v) is 5.34. The van der Waals surface area contributed by atoms with Crippen LogP contribution in [0.1, 0.15) is 31.0 Å². The summed E-state index contributed by atoms with van der Waals surface area (Å²) in [5.74, 6) is -0.463. The molecule has 0 amide bonds. The van der Waals surface area contributed by atoms with Gasteiger partial charge in [-0.05, 0) is 24.5 Å². The van der Waals surface area contributed by atoms with Crippen LogP contribution in [-0.4, -0.2) is 4.98 Å². The molecule has 2 nitrogen and oxygen atoms in total. The topological polar surface area (TPSA) is 38.9 Å². The van der Waals surface area contributed by atoms with Crippen LogP contribution in [0.4, 0.5) is 10.1 Å². The molecule has 0 saturated heterocycles. The summed E-state index contributed by atoms with van der Waals surface area (Å²) in [6.45, 7) is 5.88. The average molecular weight is 287 g/mol. The number of hydrogen-bond donors (Lipinski definition) is 1. The number of pyridine rings is 1. The minimum Gasteiger partial charge on any atom is -0.398 e. The normalized spacial score (nSPS) is 11.5. The fourth-order valence-electron chi connectivity index (χ4n) is 2.23. The zero-order valence-corrected chi connectivity index (χ0v) is 11.8. The second kappa shape index (κ2) is 4.56. The lowest BCUT2D eigenvalue weighted by atomic mass is 9.97. The summed E-state index contributed by atoms with van der Waals surface area (Å²) < 4.78 is 13.7. The molecule has 0 saturated carbocycles. The van der Waals surface area contributed by atoms with E-state index < -0.39 is 5.82 Å². The second-order valence-electron chi connectivity index (χ2n) is 4.56. The predicted molar refractivity (Wildman–Crippen MR) is 75.0 cm³/mol. The van der Waals surface area contributed by atoms with E-state index in [2.05, 4.69) is 4.98 Å². The number of rotatable bonds is 1. The summed E-state index contributed by atoms with van der Waals surface area (Å²) in [4.78, 5) is 4.40. The van der Waals surface area contributed by atoms with E-state index in [0.717, 1.165) is 11.3 Å². The van der Waals surface area contributed by atoms with Gasteiger partial charge in [-0.15, -0.1) is 0 Å². The standard InChI is InChI=1S/C13H13Cl2FN2/c1-5(2)9-6(3)18-8-4-7(14)12(16)11(15)10(8)13(9)17/h4-5H,1-3H3,(H2,17,18). The van der Waals surface area contributed by atoms with Crippen molar-refractivity contribution >= 4 is 39.8 Å². The van der Waals surface area contributed by atoms with Gasteiger partial charge < -0.3 is 5.73 Å². The number of hydrogen-bond acceptors (Lipinski definition) is 2. The SMILES string of the molecule is Cc1nc2cc(Cl)c(F)c(Cl)c2c(N)c1C(C)C. The van der Waals surface area contributed by atoms with E-state index in [1.54, 1.807) is 0 Å². The summed E-state index contributed by atoms with van der Waals surface area (Å²) in [5, 5.41) is 0.327. The van der Waals surface area contributed by atoms with Gasteiger partial charge in [0.1, 0.15) is 0 Å². The number of halogens is 3. The minimum atomic E-state index is -0.655. The maximum Gasteiger partial charge on any atom is 0.161 e. The molecule has 0 aliphatic heterocycles. The summed E-state index contributed by atoms with van der Waals surface area (Å²) in [6.07, 6.45) is 0. The molecular formula is C13H13Cl2FN2. The minimum absolute atomic E-state index is 0.0453. The monoisotopic (exact) mass is 286 g/mol. The van der Waals surface area contributed by atoms with Crippen molar-refractivity contribution in [2.75, 3.05) is 5.73 Å². The first-order chi connectivity index (χ1) is 8.34. The lowest BCUT2D eigenvalue weighted by Gasteiger charge is -2.16. The van der Waals surface area contributed by atoms with Gasteiger partial charge in [0.2, 0.25) is 0 Å². The fourth-order valence-corrected chi connectivity index (χ4v) is 2.77. The lowest BCUT2D eigenvalue weighted by molar-refractivity contribution is 0.630. The quantitative estimate of drug-likeness (QED) is 0.772. The van der Waals surface area contributed by atoms with Crippen molar-refractivity contribution in [1.82, 2.24) is 4.98 Å². The summed E-state index contributed by atoms with van der Waals surface area (Å²) in [5.41, 5.74) is 8.81. The lowest BCUT2D eigenvalue weighted by Crippen LogP contribution is -2.04. The smallest absolute Gasteiger partial charge is 0.161 e. The molecule has 2 rings (SSSR count). The maximum atomic E-state index is 13.7. The Kier molecular flexibility index (Phi) is 3.39. The molecule has 1 heterocycles. The van der Waals surface area contributed by atoms with Crippen LogP contribution in [-0.2, 0) is 0 Å². The van der Waals surface area contributed by atoms with E-state index in [1.165, 1.54) is 6.07 Å². The molecule has 2 N–H and O–H groups in total. The molecule has 0 aliphatic carbocycles. The third-order valence-electron chi connectivity index (χ3n) is 2.96. The van der Waals surface area contributed by atoms with Crippen LogP contribution in [0.3, 0.4) is 0 Å². The molecule has 0 aliphatic rings. The first-order valence-corrected chi connectivity index (χ1v) is 6.33. The van der Waals surface area contributed by atoms with E-state index in [0.29, 0.717) is 16.6 Å².